The summed E-state index contributed by atoms with van der Waals surface area (Å²) < 4.78 is 5.32. The van der Waals surface area contributed by atoms with E-state index in [-0.39, 0.29) is 17.4 Å². The molecule has 168 valence electrons. The second kappa shape index (κ2) is 11.8. The number of ether oxygens (including phenoxy) is 1. The highest BCUT2D eigenvalue weighted by Crippen LogP contribution is 2.20. The van der Waals surface area contributed by atoms with Crippen LogP contribution in [0.3, 0.4) is 0 Å². The zero-order valence-corrected chi connectivity index (χ0v) is 20.0. The fraction of sp³-hybridized carbons (Fsp3) is 0.440. The molecule has 0 aromatic heterocycles. The molecule has 0 aliphatic heterocycles. The van der Waals surface area contributed by atoms with E-state index in [2.05, 4.69) is 17.4 Å². The van der Waals surface area contributed by atoms with Crippen LogP contribution < -0.4 is 10.1 Å². The van der Waals surface area contributed by atoms with Crippen molar-refractivity contribution in [3.8, 4) is 5.75 Å². The van der Waals surface area contributed by atoms with Crippen LogP contribution in [-0.2, 0) is 21.9 Å². The van der Waals surface area contributed by atoms with Gasteiger partial charge in [0.2, 0.25) is 11.8 Å². The zero-order chi connectivity index (χ0) is 22.9. The number of amides is 2. The minimum absolute atomic E-state index is 0.0420. The first-order valence-corrected chi connectivity index (χ1v) is 11.7. The molecule has 0 heterocycles. The van der Waals surface area contributed by atoms with Crippen molar-refractivity contribution in [1.29, 1.82) is 0 Å². The molecule has 31 heavy (non-hydrogen) atoms. The SMILES string of the molecule is CCC(C(=O)NC(C)(C)C)N(Cc1cccc(OC)c1)C(=O)CSCc1ccccc1. The highest BCUT2D eigenvalue weighted by Gasteiger charge is 2.30. The maximum absolute atomic E-state index is 13.3. The van der Waals surface area contributed by atoms with Gasteiger partial charge in [-0.25, -0.2) is 0 Å². The molecule has 2 aromatic carbocycles. The predicted molar refractivity (Wildman–Crippen MR) is 128 cm³/mol. The first-order chi connectivity index (χ1) is 14.7. The van der Waals surface area contributed by atoms with Crippen molar-refractivity contribution >= 4 is 23.6 Å². The van der Waals surface area contributed by atoms with Crippen LogP contribution in [0.2, 0.25) is 0 Å². The van der Waals surface area contributed by atoms with E-state index in [1.54, 1.807) is 23.8 Å². The molecule has 0 saturated carbocycles. The Morgan fingerprint density at radius 3 is 2.35 bits per heavy atom. The summed E-state index contributed by atoms with van der Waals surface area (Å²) in [7, 11) is 1.62. The van der Waals surface area contributed by atoms with Gasteiger partial charge in [0.25, 0.3) is 0 Å². The van der Waals surface area contributed by atoms with E-state index in [1.807, 2.05) is 70.2 Å². The van der Waals surface area contributed by atoms with Gasteiger partial charge in [-0.05, 0) is 50.5 Å². The van der Waals surface area contributed by atoms with Crippen molar-refractivity contribution in [2.75, 3.05) is 12.9 Å². The van der Waals surface area contributed by atoms with Gasteiger partial charge in [0.15, 0.2) is 0 Å². The number of methoxy groups -OCH3 is 1. The van der Waals surface area contributed by atoms with Crippen molar-refractivity contribution in [3.05, 3.63) is 65.7 Å². The molecule has 2 rings (SSSR count). The van der Waals surface area contributed by atoms with Crippen molar-refractivity contribution in [2.45, 2.75) is 58.0 Å². The van der Waals surface area contributed by atoms with Gasteiger partial charge in [-0.2, -0.15) is 0 Å². The molecule has 0 saturated heterocycles. The average Bonchev–Trinajstić information content (AvgIpc) is 2.73. The van der Waals surface area contributed by atoms with Gasteiger partial charge < -0.3 is 15.0 Å². The smallest absolute Gasteiger partial charge is 0.243 e. The molecule has 1 N–H and O–H groups in total. The minimum Gasteiger partial charge on any atom is -0.497 e. The van der Waals surface area contributed by atoms with Crippen LogP contribution in [0, 0.1) is 0 Å². The average molecular weight is 443 g/mol. The van der Waals surface area contributed by atoms with Crippen LogP contribution >= 0.6 is 11.8 Å². The molecule has 6 heteroatoms. The topological polar surface area (TPSA) is 58.6 Å². The van der Waals surface area contributed by atoms with Gasteiger partial charge in [0.05, 0.1) is 12.9 Å². The number of hydrogen-bond donors (Lipinski definition) is 1. The lowest BCUT2D eigenvalue weighted by Crippen LogP contribution is -2.53. The Morgan fingerprint density at radius 1 is 1.06 bits per heavy atom. The van der Waals surface area contributed by atoms with E-state index in [9.17, 15) is 9.59 Å². The third kappa shape index (κ3) is 8.29. The number of nitrogens with one attached hydrogen (secondary N) is 1. The van der Waals surface area contributed by atoms with E-state index >= 15 is 0 Å². The van der Waals surface area contributed by atoms with Gasteiger partial charge in [0.1, 0.15) is 11.8 Å². The quantitative estimate of drug-likeness (QED) is 0.582. The van der Waals surface area contributed by atoms with Crippen molar-refractivity contribution < 1.29 is 14.3 Å². The van der Waals surface area contributed by atoms with Gasteiger partial charge in [-0.1, -0.05) is 49.4 Å². The normalized spacial score (nSPS) is 12.2. The van der Waals surface area contributed by atoms with E-state index in [0.717, 1.165) is 17.1 Å². The summed E-state index contributed by atoms with van der Waals surface area (Å²) in [5, 5.41) is 3.03. The predicted octanol–water partition coefficient (Wildman–Crippen LogP) is 4.65. The van der Waals surface area contributed by atoms with E-state index in [4.69, 9.17) is 4.74 Å². The van der Waals surface area contributed by atoms with E-state index in [0.29, 0.717) is 18.7 Å². The number of rotatable bonds is 10. The molecular formula is C25H34N2O3S. The van der Waals surface area contributed by atoms with Crippen molar-refractivity contribution in [3.63, 3.8) is 0 Å². The fourth-order valence-electron chi connectivity index (χ4n) is 3.25. The summed E-state index contributed by atoms with van der Waals surface area (Å²) in [6, 6.07) is 17.2. The molecule has 0 aliphatic rings. The molecule has 0 radical (unpaired) electrons. The van der Waals surface area contributed by atoms with Crippen molar-refractivity contribution in [2.24, 2.45) is 0 Å². The van der Waals surface area contributed by atoms with Crippen LogP contribution in [0.1, 0.15) is 45.2 Å². The third-order valence-electron chi connectivity index (χ3n) is 4.71. The largest absolute Gasteiger partial charge is 0.497 e. The number of thioether (sulfide) groups is 1. The van der Waals surface area contributed by atoms with Gasteiger partial charge >= 0.3 is 0 Å². The van der Waals surface area contributed by atoms with Crippen LogP contribution in [0.4, 0.5) is 0 Å². The first-order valence-electron chi connectivity index (χ1n) is 10.6. The van der Waals surface area contributed by atoms with Crippen LogP contribution in [-0.4, -0.2) is 41.2 Å². The lowest BCUT2D eigenvalue weighted by molar-refractivity contribution is -0.140. The van der Waals surface area contributed by atoms with E-state index < -0.39 is 6.04 Å². The van der Waals surface area contributed by atoms with Gasteiger partial charge in [0, 0.05) is 17.8 Å². The number of hydrogen-bond acceptors (Lipinski definition) is 4. The van der Waals surface area contributed by atoms with Crippen LogP contribution in [0.15, 0.2) is 54.6 Å². The Hall–Kier alpha value is -2.47. The maximum atomic E-state index is 13.3. The summed E-state index contributed by atoms with van der Waals surface area (Å²) in [6.07, 6.45) is 0.543. The summed E-state index contributed by atoms with van der Waals surface area (Å²) in [6.45, 7) is 8.14. The first kappa shape index (κ1) is 24.8. The van der Waals surface area contributed by atoms with Gasteiger partial charge in [-0.15, -0.1) is 11.8 Å². The molecule has 0 aliphatic carbocycles. The Bertz CT molecular complexity index is 849. The third-order valence-corrected chi connectivity index (χ3v) is 5.70. The lowest BCUT2D eigenvalue weighted by atomic mass is 10.1. The molecule has 2 amide bonds. The Morgan fingerprint density at radius 2 is 1.74 bits per heavy atom. The summed E-state index contributed by atoms with van der Waals surface area (Å²) in [5.74, 6) is 1.64. The maximum Gasteiger partial charge on any atom is 0.243 e. The Balaban J connectivity index is 2.18. The monoisotopic (exact) mass is 442 g/mol. The summed E-state index contributed by atoms with van der Waals surface area (Å²) >= 11 is 1.57. The molecule has 1 atom stereocenters. The fourth-order valence-corrected chi connectivity index (χ4v) is 4.12. The second-order valence-electron chi connectivity index (χ2n) is 8.51. The minimum atomic E-state index is -0.532. The van der Waals surface area contributed by atoms with Crippen molar-refractivity contribution in [1.82, 2.24) is 10.2 Å². The van der Waals surface area contributed by atoms with Crippen LogP contribution in [0.5, 0.6) is 5.75 Å². The Kier molecular flexibility index (Phi) is 9.44. The number of carbonyl (C=O) groups is 2. The zero-order valence-electron chi connectivity index (χ0n) is 19.2. The van der Waals surface area contributed by atoms with E-state index in [1.165, 1.54) is 5.56 Å². The Labute approximate surface area is 190 Å². The molecule has 0 fully saturated rings. The highest BCUT2D eigenvalue weighted by atomic mass is 32.2. The molecule has 2 aromatic rings. The number of nitrogens with zero attached hydrogens (tertiary/aromatic N) is 1. The number of benzene rings is 2. The molecule has 0 bridgehead atoms. The van der Waals surface area contributed by atoms with Crippen LogP contribution in [0.25, 0.3) is 0 Å². The molecular weight excluding hydrogens is 408 g/mol. The lowest BCUT2D eigenvalue weighted by Gasteiger charge is -2.33. The van der Waals surface area contributed by atoms with Gasteiger partial charge in [-0.3, -0.25) is 9.59 Å². The summed E-state index contributed by atoms with van der Waals surface area (Å²) in [4.78, 5) is 28.0. The molecule has 0 spiro atoms. The summed E-state index contributed by atoms with van der Waals surface area (Å²) in [5.41, 5.74) is 1.75. The second-order valence-corrected chi connectivity index (χ2v) is 9.50. The molecule has 1 unspecified atom stereocenters. The standard InChI is InChI=1S/C25H34N2O3S/c1-6-22(24(29)26-25(2,3)4)27(16-20-13-10-14-21(15-20)30-5)23(28)18-31-17-19-11-8-7-9-12-19/h7-15,22H,6,16-18H2,1-5H3,(H,26,29). The molecule has 5 nitrogen and oxygen atoms in total. The number of carbonyl (C=O) groups excluding carboxylic acids is 2. The highest BCUT2D eigenvalue weighted by molar-refractivity contribution is 7.99.